The molecule has 0 saturated carbocycles. The lowest BCUT2D eigenvalue weighted by Crippen LogP contribution is -2.09. The number of carbonyl (C=O) groups is 1. The number of rotatable bonds is 10. The number of H-pyrrole nitrogens is 1. The lowest BCUT2D eigenvalue weighted by molar-refractivity contribution is -0.118. The van der Waals surface area contributed by atoms with Crippen molar-refractivity contribution in [2.45, 2.75) is 38.5 Å². The quantitative estimate of drug-likeness (QED) is 0.398. The fourth-order valence-corrected chi connectivity index (χ4v) is 2.66. The highest BCUT2D eigenvalue weighted by atomic mass is 16.1. The Kier molecular flexibility index (Phi) is 6.54. The van der Waals surface area contributed by atoms with E-state index in [4.69, 9.17) is 11.1 Å². The summed E-state index contributed by atoms with van der Waals surface area (Å²) >= 11 is 0. The number of imidazole rings is 1. The molecule has 6 nitrogen and oxygen atoms in total. The van der Waals surface area contributed by atoms with E-state index in [1.807, 2.05) is 31.4 Å². The summed E-state index contributed by atoms with van der Waals surface area (Å²) in [5.74, 6) is 0.744. The largest absolute Gasteiger partial charge is 0.388 e. The number of hydrogen-bond donors (Lipinski definition) is 4. The highest BCUT2D eigenvalue weighted by molar-refractivity contribution is 5.88. The van der Waals surface area contributed by atoms with E-state index in [0.29, 0.717) is 6.42 Å². The number of hydrogen-bond acceptors (Lipinski definition) is 4. The first kappa shape index (κ1) is 17.7. The van der Waals surface area contributed by atoms with E-state index in [0.717, 1.165) is 60.4 Å². The molecular weight excluding hydrogens is 302 g/mol. The lowest BCUT2D eigenvalue weighted by atomic mass is 10.1. The number of unbranched alkanes of at least 4 members (excludes halogenated alkanes) is 3. The Hall–Kier alpha value is -2.63. The minimum atomic E-state index is -0.223. The molecule has 128 valence electrons. The molecule has 2 aromatic rings. The molecule has 0 atom stereocenters. The van der Waals surface area contributed by atoms with Gasteiger partial charge in [-0.1, -0.05) is 18.9 Å². The Morgan fingerprint density at radius 3 is 2.83 bits per heavy atom. The monoisotopic (exact) mass is 327 g/mol. The Balaban J connectivity index is 1.89. The number of nitrogens with two attached hydrogens (primary N) is 1. The zero-order chi connectivity index (χ0) is 17.4. The van der Waals surface area contributed by atoms with Gasteiger partial charge in [-0.2, -0.15) is 0 Å². The number of aromatic nitrogens is 2. The summed E-state index contributed by atoms with van der Waals surface area (Å²) in [7, 11) is 1.85. The number of carbonyl (C=O) groups excluding carboxylic acids is 1. The molecule has 0 aliphatic carbocycles. The predicted molar refractivity (Wildman–Crippen MR) is 97.4 cm³/mol. The number of aromatic amines is 1. The van der Waals surface area contributed by atoms with Crippen LogP contribution in [0.15, 0.2) is 24.4 Å². The van der Waals surface area contributed by atoms with Crippen LogP contribution >= 0.6 is 0 Å². The first-order valence-electron chi connectivity index (χ1n) is 8.29. The summed E-state index contributed by atoms with van der Waals surface area (Å²) in [5.41, 5.74) is 8.89. The molecule has 0 saturated heterocycles. The maximum absolute atomic E-state index is 10.7. The zero-order valence-electron chi connectivity index (χ0n) is 14.1. The van der Waals surface area contributed by atoms with E-state index in [1.165, 1.54) is 6.21 Å². The molecule has 0 bridgehead atoms. The van der Waals surface area contributed by atoms with Crippen LogP contribution in [0, 0.1) is 5.41 Å². The van der Waals surface area contributed by atoms with E-state index in [2.05, 4.69) is 15.3 Å². The molecule has 1 aromatic carbocycles. The van der Waals surface area contributed by atoms with Crippen LogP contribution in [0.4, 0.5) is 5.69 Å². The summed E-state index contributed by atoms with van der Waals surface area (Å²) < 4.78 is 0. The third-order valence-electron chi connectivity index (χ3n) is 4.00. The molecule has 1 heterocycles. The number of nitrogens with one attached hydrogen (secondary N) is 3. The van der Waals surface area contributed by atoms with Crippen LogP contribution in [-0.2, 0) is 11.2 Å². The number of nitrogens with zero attached hydrogens (tertiary/aromatic N) is 1. The van der Waals surface area contributed by atoms with Crippen molar-refractivity contribution in [2.24, 2.45) is 5.73 Å². The second-order valence-corrected chi connectivity index (χ2v) is 5.82. The number of amides is 1. The molecule has 0 aliphatic rings. The molecule has 5 N–H and O–H groups in total. The van der Waals surface area contributed by atoms with Gasteiger partial charge in [0.15, 0.2) is 0 Å². The highest BCUT2D eigenvalue weighted by Gasteiger charge is 2.06. The van der Waals surface area contributed by atoms with Crippen molar-refractivity contribution in [3.63, 3.8) is 0 Å². The Morgan fingerprint density at radius 1 is 1.33 bits per heavy atom. The van der Waals surface area contributed by atoms with E-state index < -0.39 is 0 Å². The Bertz CT molecular complexity index is 692. The third-order valence-corrected chi connectivity index (χ3v) is 4.00. The van der Waals surface area contributed by atoms with Gasteiger partial charge in [-0.15, -0.1) is 0 Å². The van der Waals surface area contributed by atoms with Crippen LogP contribution in [0.2, 0.25) is 0 Å². The van der Waals surface area contributed by atoms with E-state index in [-0.39, 0.29) is 5.91 Å². The molecule has 24 heavy (non-hydrogen) atoms. The van der Waals surface area contributed by atoms with Crippen molar-refractivity contribution in [1.29, 1.82) is 5.41 Å². The van der Waals surface area contributed by atoms with E-state index in [1.54, 1.807) is 0 Å². The Labute approximate surface area is 142 Å². The lowest BCUT2D eigenvalue weighted by Gasteiger charge is -2.06. The van der Waals surface area contributed by atoms with Crippen molar-refractivity contribution in [2.75, 3.05) is 12.4 Å². The molecule has 6 heteroatoms. The summed E-state index contributed by atoms with van der Waals surface area (Å²) in [6.45, 7) is 0. The molecule has 0 fully saturated rings. The summed E-state index contributed by atoms with van der Waals surface area (Å²) in [5, 5.41) is 10.6. The number of benzene rings is 1. The second kappa shape index (κ2) is 8.86. The fraction of sp³-hybridized carbons (Fsp3) is 0.389. The van der Waals surface area contributed by atoms with E-state index in [9.17, 15) is 4.79 Å². The zero-order valence-corrected chi connectivity index (χ0v) is 14.1. The smallest absolute Gasteiger partial charge is 0.217 e. The fourth-order valence-electron chi connectivity index (χ4n) is 2.66. The minimum Gasteiger partial charge on any atom is -0.388 e. The minimum absolute atomic E-state index is 0.223. The maximum atomic E-state index is 10.7. The van der Waals surface area contributed by atoms with Crippen LogP contribution in [0.1, 0.15) is 43.5 Å². The molecule has 0 aliphatic heterocycles. The van der Waals surface area contributed by atoms with Crippen molar-refractivity contribution in [1.82, 2.24) is 9.97 Å². The number of primary amides is 1. The van der Waals surface area contributed by atoms with Gasteiger partial charge in [0.05, 0.1) is 11.9 Å². The van der Waals surface area contributed by atoms with Gasteiger partial charge < -0.3 is 21.4 Å². The highest BCUT2D eigenvalue weighted by Crippen LogP contribution is 2.23. The van der Waals surface area contributed by atoms with Gasteiger partial charge in [0.25, 0.3) is 0 Å². The molecular formula is C18H25N5O. The van der Waals surface area contributed by atoms with Gasteiger partial charge in [0, 0.05) is 42.9 Å². The first-order chi connectivity index (χ1) is 11.6. The predicted octanol–water partition coefficient (Wildman–Crippen LogP) is 3.09. The van der Waals surface area contributed by atoms with Gasteiger partial charge >= 0.3 is 0 Å². The molecule has 0 unspecified atom stereocenters. The molecule has 1 amide bonds. The van der Waals surface area contributed by atoms with Crippen molar-refractivity contribution >= 4 is 17.8 Å². The second-order valence-electron chi connectivity index (χ2n) is 5.82. The van der Waals surface area contributed by atoms with Crippen LogP contribution < -0.4 is 11.1 Å². The van der Waals surface area contributed by atoms with Crippen LogP contribution in [0.25, 0.3) is 11.3 Å². The van der Waals surface area contributed by atoms with Gasteiger partial charge in [-0.3, -0.25) is 4.79 Å². The molecule has 1 aromatic heterocycles. The Morgan fingerprint density at radius 2 is 2.12 bits per heavy atom. The van der Waals surface area contributed by atoms with Gasteiger partial charge in [0.2, 0.25) is 5.91 Å². The standard InChI is InChI=1S/C18H25N5O/c1-21-15-9-8-13(10-14(15)11-19)16-12-22-18(23-16)7-5-3-2-4-6-17(20)24/h8-12,19,21H,2-7H2,1H3,(H2,20,24)(H,22,23). The van der Waals surface area contributed by atoms with Crippen LogP contribution in [-0.4, -0.2) is 29.1 Å². The average Bonchev–Trinajstić information content (AvgIpc) is 3.06. The van der Waals surface area contributed by atoms with Gasteiger partial charge in [-0.25, -0.2) is 4.98 Å². The van der Waals surface area contributed by atoms with Gasteiger partial charge in [-0.05, 0) is 25.0 Å². The number of anilines is 1. The van der Waals surface area contributed by atoms with Crippen LogP contribution in [0.3, 0.4) is 0 Å². The van der Waals surface area contributed by atoms with Gasteiger partial charge in [0.1, 0.15) is 5.82 Å². The van der Waals surface area contributed by atoms with Crippen molar-refractivity contribution < 1.29 is 4.79 Å². The first-order valence-corrected chi connectivity index (χ1v) is 8.29. The third kappa shape index (κ3) is 4.94. The summed E-state index contributed by atoms with van der Waals surface area (Å²) in [4.78, 5) is 18.4. The molecule has 2 rings (SSSR count). The summed E-state index contributed by atoms with van der Waals surface area (Å²) in [6.07, 6.45) is 8.54. The van der Waals surface area contributed by atoms with Crippen molar-refractivity contribution in [3.8, 4) is 11.3 Å². The maximum Gasteiger partial charge on any atom is 0.217 e. The SMILES string of the molecule is CNc1ccc(-c2cnc(CCCCCCC(N)=O)[nH]2)cc1C=N. The topological polar surface area (TPSA) is 108 Å². The molecule has 0 radical (unpaired) electrons. The van der Waals surface area contributed by atoms with E-state index >= 15 is 0 Å². The summed E-state index contributed by atoms with van der Waals surface area (Å²) in [6, 6.07) is 5.95. The normalized spacial score (nSPS) is 10.5. The molecule has 0 spiro atoms. The van der Waals surface area contributed by atoms with Crippen molar-refractivity contribution in [3.05, 3.63) is 35.8 Å². The van der Waals surface area contributed by atoms with Crippen LogP contribution in [0.5, 0.6) is 0 Å². The average molecular weight is 327 g/mol. The number of aryl methyl sites for hydroxylation is 1.